The number of aromatic amines is 1. The molecule has 1 heterocycles. The quantitative estimate of drug-likeness (QED) is 0.0887. The first-order valence-electron chi connectivity index (χ1n) is 12.0. The van der Waals surface area contributed by atoms with E-state index in [9.17, 15) is 38.1 Å². The lowest BCUT2D eigenvalue weighted by atomic mass is 9.95. The van der Waals surface area contributed by atoms with E-state index in [4.69, 9.17) is 22.0 Å². The number of carboxylic acids is 1. The van der Waals surface area contributed by atoms with E-state index >= 15 is 0 Å². The highest BCUT2D eigenvalue weighted by atomic mass is 32.2. The minimum atomic E-state index is -4.21. The number of rotatable bonds is 10. The van der Waals surface area contributed by atoms with Gasteiger partial charge in [-0.1, -0.05) is 0 Å². The lowest BCUT2D eigenvalue weighted by Gasteiger charge is -2.16. The van der Waals surface area contributed by atoms with Crippen LogP contribution in [0.2, 0.25) is 0 Å². The topological polar surface area (TPSA) is 289 Å². The summed E-state index contributed by atoms with van der Waals surface area (Å²) in [5.74, 6) is -4.20. The van der Waals surface area contributed by atoms with E-state index in [0.717, 1.165) is 18.2 Å². The van der Waals surface area contributed by atoms with Crippen molar-refractivity contribution in [1.29, 1.82) is 5.41 Å². The summed E-state index contributed by atoms with van der Waals surface area (Å²) >= 11 is 0. The molecule has 4 rings (SSSR count). The SMILES string of the molecule is N=C(N)c1ccc2nc(-c3cc(CC(=O)N[C@@H](CC(N)=O)C(=O)O)cc(-c4cc(S(N)(=O)=O)ccc4O)c3O)[nH]c2c1. The zero-order valence-electron chi connectivity index (χ0n) is 21.6. The van der Waals surface area contributed by atoms with Crippen LogP contribution in [0.4, 0.5) is 0 Å². The Hall–Kier alpha value is -5.48. The lowest BCUT2D eigenvalue weighted by molar-refractivity contribution is -0.143. The van der Waals surface area contributed by atoms with Crippen molar-refractivity contribution < 1.29 is 38.1 Å². The third-order valence-electron chi connectivity index (χ3n) is 6.21. The van der Waals surface area contributed by atoms with Crippen molar-refractivity contribution in [2.45, 2.75) is 23.8 Å². The average molecular weight is 596 g/mol. The van der Waals surface area contributed by atoms with Crippen molar-refractivity contribution in [3.05, 3.63) is 59.7 Å². The maximum absolute atomic E-state index is 12.8. The number of amidine groups is 1. The predicted octanol–water partition coefficient (Wildman–Crippen LogP) is 0.227. The lowest BCUT2D eigenvalue weighted by Crippen LogP contribution is -2.43. The number of aromatic hydroxyl groups is 2. The Bertz CT molecular complexity index is 1890. The minimum absolute atomic E-state index is 0.0307. The average Bonchev–Trinajstić information content (AvgIpc) is 3.32. The number of aromatic nitrogens is 2. The van der Waals surface area contributed by atoms with E-state index in [1.807, 2.05) is 0 Å². The number of fused-ring (bicyclic) bond motifs is 1. The van der Waals surface area contributed by atoms with Gasteiger partial charge >= 0.3 is 5.97 Å². The Kier molecular flexibility index (Phi) is 7.86. The van der Waals surface area contributed by atoms with Crippen LogP contribution in [-0.2, 0) is 30.8 Å². The van der Waals surface area contributed by atoms with E-state index in [1.165, 1.54) is 12.1 Å². The van der Waals surface area contributed by atoms with Crippen LogP contribution >= 0.6 is 0 Å². The number of sulfonamides is 1. The number of amides is 2. The summed E-state index contributed by atoms with van der Waals surface area (Å²) in [5, 5.41) is 46.3. The van der Waals surface area contributed by atoms with Gasteiger partial charge in [-0.3, -0.25) is 15.0 Å². The number of hydrogen-bond acceptors (Lipinski definition) is 9. The van der Waals surface area contributed by atoms with Crippen molar-refractivity contribution in [1.82, 2.24) is 15.3 Å². The highest BCUT2D eigenvalue weighted by Gasteiger charge is 2.24. The van der Waals surface area contributed by atoms with Gasteiger partial charge in [-0.05, 0) is 54.1 Å². The number of carbonyl (C=O) groups is 3. The summed E-state index contributed by atoms with van der Waals surface area (Å²) in [6.07, 6.45) is -1.12. The highest BCUT2D eigenvalue weighted by Crippen LogP contribution is 2.42. The van der Waals surface area contributed by atoms with Gasteiger partial charge in [0.05, 0.1) is 34.3 Å². The molecule has 0 aliphatic rings. The van der Waals surface area contributed by atoms with Crippen molar-refractivity contribution in [2.24, 2.45) is 16.6 Å². The minimum Gasteiger partial charge on any atom is -0.507 e. The Balaban J connectivity index is 1.87. The predicted molar refractivity (Wildman–Crippen MR) is 150 cm³/mol. The van der Waals surface area contributed by atoms with Gasteiger partial charge in [-0.25, -0.2) is 23.3 Å². The largest absolute Gasteiger partial charge is 0.507 e. The van der Waals surface area contributed by atoms with Crippen LogP contribution in [0.5, 0.6) is 11.5 Å². The molecule has 0 radical (unpaired) electrons. The Morgan fingerprint density at radius 1 is 1.00 bits per heavy atom. The van der Waals surface area contributed by atoms with Crippen LogP contribution in [-0.4, -0.2) is 63.4 Å². The van der Waals surface area contributed by atoms with Gasteiger partial charge in [-0.2, -0.15) is 0 Å². The number of phenolic OH excluding ortho intramolecular Hbond substituents is 2. The first-order chi connectivity index (χ1) is 19.6. The summed E-state index contributed by atoms with van der Waals surface area (Å²) in [7, 11) is -4.21. The highest BCUT2D eigenvalue weighted by molar-refractivity contribution is 7.89. The molecule has 3 aromatic carbocycles. The number of primary amides is 1. The van der Waals surface area contributed by atoms with E-state index < -0.39 is 58.2 Å². The molecular formula is C26H25N7O8S. The number of nitrogens with two attached hydrogens (primary N) is 3. The van der Waals surface area contributed by atoms with Crippen LogP contribution in [0.1, 0.15) is 17.5 Å². The molecule has 15 nitrogen and oxygen atoms in total. The number of phenols is 2. The van der Waals surface area contributed by atoms with Crippen LogP contribution in [0.15, 0.2) is 53.4 Å². The molecular weight excluding hydrogens is 570 g/mol. The number of hydrogen-bond donors (Lipinski definition) is 9. The third kappa shape index (κ3) is 6.29. The Morgan fingerprint density at radius 3 is 2.31 bits per heavy atom. The summed E-state index contributed by atoms with van der Waals surface area (Å²) in [5.41, 5.74) is 11.9. The molecule has 0 unspecified atom stereocenters. The molecule has 0 spiro atoms. The van der Waals surface area contributed by atoms with E-state index in [2.05, 4.69) is 15.3 Å². The first kappa shape index (κ1) is 29.5. The number of H-pyrrole nitrogens is 1. The Morgan fingerprint density at radius 2 is 1.69 bits per heavy atom. The molecule has 1 atom stereocenters. The zero-order chi connectivity index (χ0) is 30.9. The summed E-state index contributed by atoms with van der Waals surface area (Å²) < 4.78 is 24.0. The van der Waals surface area contributed by atoms with Crippen LogP contribution in [0.25, 0.3) is 33.5 Å². The van der Waals surface area contributed by atoms with Gasteiger partial charge in [0.25, 0.3) is 0 Å². The van der Waals surface area contributed by atoms with Gasteiger partial charge in [0.2, 0.25) is 21.8 Å². The smallest absolute Gasteiger partial charge is 0.326 e. The second-order valence-corrected chi connectivity index (χ2v) is 10.9. The molecule has 1 aromatic heterocycles. The maximum atomic E-state index is 12.8. The van der Waals surface area contributed by atoms with E-state index in [-0.39, 0.29) is 38.8 Å². The number of primary sulfonamides is 1. The van der Waals surface area contributed by atoms with Gasteiger partial charge in [0, 0.05) is 16.7 Å². The van der Waals surface area contributed by atoms with E-state index in [1.54, 1.807) is 18.2 Å². The molecule has 0 saturated carbocycles. The van der Waals surface area contributed by atoms with Crippen LogP contribution in [0, 0.1) is 5.41 Å². The fourth-order valence-corrected chi connectivity index (χ4v) is 4.77. The molecule has 12 N–H and O–H groups in total. The van der Waals surface area contributed by atoms with Crippen molar-refractivity contribution in [3.8, 4) is 34.0 Å². The standard InChI is InChI=1S/C26H25N7O8S/c27-21(35)10-19(26(38)39)31-22(36)7-11-5-15(14-9-13(42(30,40)41)2-4-20(14)34)23(37)16(6-11)25-32-17-3-1-12(24(28)29)8-18(17)33-25/h1-6,8-9,19,34,37H,7,10H2,(H2,27,35)(H3,28,29)(H,31,36)(H,32,33)(H,38,39)(H2,30,40,41)/t19-/m0/s1. The number of carboxylic acid groups (broad SMARTS) is 1. The maximum Gasteiger partial charge on any atom is 0.326 e. The number of nitrogen functional groups attached to an aromatic ring is 1. The molecule has 42 heavy (non-hydrogen) atoms. The van der Waals surface area contributed by atoms with Crippen molar-refractivity contribution >= 4 is 44.7 Å². The fourth-order valence-electron chi connectivity index (χ4n) is 4.23. The van der Waals surface area contributed by atoms with Crippen LogP contribution in [0.3, 0.4) is 0 Å². The molecule has 0 saturated heterocycles. The second-order valence-electron chi connectivity index (χ2n) is 9.30. The number of nitrogens with one attached hydrogen (secondary N) is 3. The van der Waals surface area contributed by atoms with Gasteiger partial charge in [0.15, 0.2) is 0 Å². The summed E-state index contributed by atoms with van der Waals surface area (Å²) in [6, 6.07) is 8.99. The second kappa shape index (κ2) is 11.2. The number of benzene rings is 3. The number of aliphatic carboxylic acids is 1. The van der Waals surface area contributed by atoms with Gasteiger partial charge < -0.3 is 37.1 Å². The molecule has 4 aromatic rings. The van der Waals surface area contributed by atoms with Crippen molar-refractivity contribution in [3.63, 3.8) is 0 Å². The molecule has 16 heteroatoms. The molecule has 218 valence electrons. The molecule has 2 amide bonds. The van der Waals surface area contributed by atoms with Gasteiger partial charge in [0.1, 0.15) is 29.2 Å². The summed E-state index contributed by atoms with van der Waals surface area (Å²) in [4.78, 5) is 42.6. The number of carbonyl (C=O) groups excluding carboxylic acids is 2. The van der Waals surface area contributed by atoms with Crippen LogP contribution < -0.4 is 21.9 Å². The Labute approximate surface area is 237 Å². The number of imidazole rings is 1. The molecule has 0 fully saturated rings. The van der Waals surface area contributed by atoms with Gasteiger partial charge in [-0.15, -0.1) is 0 Å². The molecule has 0 aliphatic heterocycles. The zero-order valence-corrected chi connectivity index (χ0v) is 22.4. The molecule has 0 aliphatic carbocycles. The fraction of sp³-hybridized carbons (Fsp3) is 0.115. The number of nitrogens with zero attached hydrogens (tertiary/aromatic N) is 1. The normalized spacial score (nSPS) is 12.1. The van der Waals surface area contributed by atoms with E-state index in [0.29, 0.717) is 16.6 Å². The third-order valence-corrected chi connectivity index (χ3v) is 7.12. The molecule has 0 bridgehead atoms. The monoisotopic (exact) mass is 595 g/mol. The summed E-state index contributed by atoms with van der Waals surface area (Å²) in [6.45, 7) is 0. The van der Waals surface area contributed by atoms with Crippen molar-refractivity contribution in [2.75, 3.05) is 0 Å². The first-order valence-corrected chi connectivity index (χ1v) is 13.6.